The van der Waals surface area contributed by atoms with Crippen LogP contribution in [0.15, 0.2) is 0 Å². The van der Waals surface area contributed by atoms with Crippen LogP contribution in [0, 0.1) is 11.8 Å². The van der Waals surface area contributed by atoms with Gasteiger partial charge in [0, 0.05) is 0 Å². The third-order valence-electron chi connectivity index (χ3n) is 2.36. The number of aliphatic hydroxyl groups excluding tert-OH is 1. The second-order valence-corrected chi connectivity index (χ2v) is 2.75. The van der Waals surface area contributed by atoms with Crippen molar-refractivity contribution in [1.29, 1.82) is 0 Å². The van der Waals surface area contributed by atoms with Gasteiger partial charge in [-0.3, -0.25) is 0 Å². The highest BCUT2D eigenvalue weighted by atomic mass is 16.3. The van der Waals surface area contributed by atoms with Crippen LogP contribution in [0.25, 0.3) is 0 Å². The first kappa shape index (κ1) is 3.90. The van der Waals surface area contributed by atoms with E-state index in [9.17, 15) is 0 Å². The van der Waals surface area contributed by atoms with Crippen LogP contribution >= 0.6 is 0 Å². The molecule has 0 heterocycles. The van der Waals surface area contributed by atoms with Gasteiger partial charge in [0.2, 0.25) is 0 Å². The van der Waals surface area contributed by atoms with Gasteiger partial charge in [0.25, 0.3) is 0 Å². The largest absolute Gasteiger partial charge is 0.393 e. The molecule has 0 aromatic heterocycles. The number of fused-ring (bicyclic) bond motifs is 1. The fourth-order valence-electron chi connectivity index (χ4n) is 1.78. The second-order valence-electron chi connectivity index (χ2n) is 2.75. The number of aliphatic hydroxyl groups is 1. The van der Waals surface area contributed by atoms with Gasteiger partial charge >= 0.3 is 0 Å². The number of rotatable bonds is 0. The van der Waals surface area contributed by atoms with Crippen molar-refractivity contribution in [2.75, 3.05) is 0 Å². The molecule has 2 rings (SSSR count). The fourth-order valence-corrected chi connectivity index (χ4v) is 1.78. The average Bonchev–Trinajstić information content (AvgIpc) is 2.26. The minimum atomic E-state index is 0.119. The highest BCUT2D eigenvalue weighted by molar-refractivity contribution is 5.01. The van der Waals surface area contributed by atoms with E-state index in [1.54, 1.807) is 0 Å². The summed E-state index contributed by atoms with van der Waals surface area (Å²) >= 11 is 0. The normalized spacial score (nSPS) is 57.0. The van der Waals surface area contributed by atoms with Gasteiger partial charge in [-0.05, 0) is 24.7 Å². The quantitative estimate of drug-likeness (QED) is 0.474. The van der Waals surface area contributed by atoms with E-state index in [1.807, 2.05) is 0 Å². The summed E-state index contributed by atoms with van der Waals surface area (Å²) in [6.45, 7) is 0. The summed E-state index contributed by atoms with van der Waals surface area (Å²) in [4.78, 5) is 0. The van der Waals surface area contributed by atoms with Crippen molar-refractivity contribution in [3.63, 3.8) is 0 Å². The zero-order chi connectivity index (χ0) is 4.85. The molecule has 0 amide bonds. The molecule has 2 aliphatic carbocycles. The van der Waals surface area contributed by atoms with Gasteiger partial charge in [-0.15, -0.1) is 0 Å². The van der Waals surface area contributed by atoms with Crippen LogP contribution in [0.4, 0.5) is 0 Å². The van der Waals surface area contributed by atoms with Crippen LogP contribution in [0.1, 0.15) is 19.3 Å². The van der Waals surface area contributed by atoms with E-state index in [2.05, 4.69) is 0 Å². The highest BCUT2D eigenvalue weighted by Gasteiger charge is 2.51. The van der Waals surface area contributed by atoms with E-state index in [1.165, 1.54) is 19.3 Å². The SMILES string of the molecule is OC1C2CCCC12. The lowest BCUT2D eigenvalue weighted by Crippen LogP contribution is -1.88. The molecule has 0 radical (unpaired) electrons. The Morgan fingerprint density at radius 1 is 1.14 bits per heavy atom. The van der Waals surface area contributed by atoms with Crippen molar-refractivity contribution >= 4 is 0 Å². The van der Waals surface area contributed by atoms with Crippen LogP contribution in [0.2, 0.25) is 0 Å². The second kappa shape index (κ2) is 1.03. The minimum absolute atomic E-state index is 0.119. The molecule has 0 spiro atoms. The van der Waals surface area contributed by atoms with Crippen LogP contribution in [-0.2, 0) is 0 Å². The maximum Gasteiger partial charge on any atom is 0.0603 e. The molecule has 2 atom stereocenters. The lowest BCUT2D eigenvalue weighted by atomic mass is 10.2. The predicted molar refractivity (Wildman–Crippen MR) is 26.8 cm³/mol. The molecular weight excluding hydrogens is 88.1 g/mol. The van der Waals surface area contributed by atoms with E-state index in [0.29, 0.717) is 0 Å². The molecule has 2 unspecified atom stereocenters. The van der Waals surface area contributed by atoms with Crippen LogP contribution < -0.4 is 0 Å². The maximum atomic E-state index is 8.95. The molecule has 2 aliphatic rings. The zero-order valence-corrected chi connectivity index (χ0v) is 4.30. The Hall–Kier alpha value is -0.0400. The molecule has 0 bridgehead atoms. The third kappa shape index (κ3) is 0.367. The Kier molecular flexibility index (Phi) is 0.571. The summed E-state index contributed by atoms with van der Waals surface area (Å²) in [5, 5.41) is 8.95. The molecule has 1 N–H and O–H groups in total. The molecular formula is C6H10O. The standard InChI is InChI=1S/C6H10O/c7-6-4-2-1-3-5(4)6/h4-7H,1-3H2. The number of hydrogen-bond acceptors (Lipinski definition) is 1. The van der Waals surface area contributed by atoms with Crippen LogP contribution in [-0.4, -0.2) is 11.2 Å². The summed E-state index contributed by atoms with van der Waals surface area (Å²) in [7, 11) is 0. The molecule has 7 heavy (non-hydrogen) atoms. The van der Waals surface area contributed by atoms with Crippen molar-refractivity contribution in [3.8, 4) is 0 Å². The average molecular weight is 98.1 g/mol. The molecule has 0 aliphatic heterocycles. The van der Waals surface area contributed by atoms with Crippen molar-refractivity contribution in [1.82, 2.24) is 0 Å². The summed E-state index contributed by atoms with van der Waals surface area (Å²) in [5.41, 5.74) is 0. The monoisotopic (exact) mass is 98.1 g/mol. The van der Waals surface area contributed by atoms with Gasteiger partial charge in [0.1, 0.15) is 0 Å². The molecule has 1 nitrogen and oxygen atoms in total. The Morgan fingerprint density at radius 2 is 1.71 bits per heavy atom. The summed E-state index contributed by atoms with van der Waals surface area (Å²) in [6, 6.07) is 0. The van der Waals surface area contributed by atoms with Gasteiger partial charge in [0.05, 0.1) is 6.10 Å². The Labute approximate surface area is 43.3 Å². The third-order valence-corrected chi connectivity index (χ3v) is 2.36. The molecule has 0 aromatic carbocycles. The molecule has 2 saturated carbocycles. The summed E-state index contributed by atoms with van der Waals surface area (Å²) in [5.74, 6) is 1.47. The molecule has 0 aromatic rings. The summed E-state index contributed by atoms with van der Waals surface area (Å²) < 4.78 is 0. The van der Waals surface area contributed by atoms with Crippen molar-refractivity contribution < 1.29 is 5.11 Å². The number of hydrogen-bond donors (Lipinski definition) is 1. The smallest absolute Gasteiger partial charge is 0.0603 e. The highest BCUT2D eigenvalue weighted by Crippen LogP contribution is 2.51. The van der Waals surface area contributed by atoms with Gasteiger partial charge in [-0.2, -0.15) is 0 Å². The van der Waals surface area contributed by atoms with E-state index >= 15 is 0 Å². The topological polar surface area (TPSA) is 20.2 Å². The van der Waals surface area contributed by atoms with Gasteiger partial charge in [-0.1, -0.05) is 6.42 Å². The van der Waals surface area contributed by atoms with Gasteiger partial charge in [-0.25, -0.2) is 0 Å². The molecule has 2 fully saturated rings. The van der Waals surface area contributed by atoms with Crippen molar-refractivity contribution in [2.24, 2.45) is 11.8 Å². The van der Waals surface area contributed by atoms with E-state index < -0.39 is 0 Å². The fraction of sp³-hybridized carbons (Fsp3) is 1.00. The van der Waals surface area contributed by atoms with Gasteiger partial charge < -0.3 is 5.11 Å². The van der Waals surface area contributed by atoms with E-state index in [4.69, 9.17) is 5.11 Å². The lowest BCUT2D eigenvalue weighted by molar-refractivity contribution is 0.233. The molecule has 0 saturated heterocycles. The lowest BCUT2D eigenvalue weighted by Gasteiger charge is -1.89. The van der Waals surface area contributed by atoms with Gasteiger partial charge in [0.15, 0.2) is 0 Å². The molecule has 1 heteroatoms. The summed E-state index contributed by atoms with van der Waals surface area (Å²) in [6.07, 6.45) is 4.08. The first-order valence-electron chi connectivity index (χ1n) is 3.07. The first-order valence-corrected chi connectivity index (χ1v) is 3.07. The zero-order valence-electron chi connectivity index (χ0n) is 4.30. The predicted octanol–water partition coefficient (Wildman–Crippen LogP) is 0.777. The Bertz CT molecular complexity index is 80.2. The van der Waals surface area contributed by atoms with Crippen LogP contribution in [0.3, 0.4) is 0 Å². The minimum Gasteiger partial charge on any atom is -0.393 e. The van der Waals surface area contributed by atoms with Crippen LogP contribution in [0.5, 0.6) is 0 Å². The Balaban J connectivity index is 2.06. The first-order chi connectivity index (χ1) is 3.39. The maximum absolute atomic E-state index is 8.95. The van der Waals surface area contributed by atoms with Crippen molar-refractivity contribution in [3.05, 3.63) is 0 Å². The van der Waals surface area contributed by atoms with Crippen molar-refractivity contribution in [2.45, 2.75) is 25.4 Å². The Morgan fingerprint density at radius 3 is 2.00 bits per heavy atom. The van der Waals surface area contributed by atoms with E-state index in [-0.39, 0.29) is 6.10 Å². The van der Waals surface area contributed by atoms with E-state index in [0.717, 1.165) is 11.8 Å². The molecule has 40 valence electrons.